The molecule has 1 saturated carbocycles. The van der Waals surface area contributed by atoms with Crippen LogP contribution in [0.3, 0.4) is 0 Å². The van der Waals surface area contributed by atoms with Gasteiger partial charge in [-0.05, 0) is 12.8 Å². The van der Waals surface area contributed by atoms with Crippen molar-refractivity contribution in [3.63, 3.8) is 0 Å². The van der Waals surface area contributed by atoms with Gasteiger partial charge in [0.15, 0.2) is 5.69 Å². The Balaban J connectivity index is 2.12. The minimum Gasteiger partial charge on any atom is -0.354 e. The highest BCUT2D eigenvalue weighted by Crippen LogP contribution is 2.26. The SMILES string of the molecule is CNC(=O)c1nn(C)cc1NC(=O)C1CCCC1. The summed E-state index contributed by atoms with van der Waals surface area (Å²) in [5.74, 6) is -0.231. The minimum atomic E-state index is -0.294. The molecule has 18 heavy (non-hydrogen) atoms. The minimum absolute atomic E-state index is 0.00865. The molecule has 98 valence electrons. The van der Waals surface area contributed by atoms with Gasteiger partial charge in [0.1, 0.15) is 0 Å². The molecule has 2 N–H and O–H groups in total. The number of hydrogen-bond donors (Lipinski definition) is 2. The number of nitrogens with one attached hydrogen (secondary N) is 2. The average molecular weight is 250 g/mol. The smallest absolute Gasteiger partial charge is 0.273 e. The lowest BCUT2D eigenvalue weighted by Crippen LogP contribution is -2.24. The van der Waals surface area contributed by atoms with Gasteiger partial charge >= 0.3 is 0 Å². The quantitative estimate of drug-likeness (QED) is 0.837. The van der Waals surface area contributed by atoms with Crippen LogP contribution >= 0.6 is 0 Å². The molecule has 1 aromatic rings. The van der Waals surface area contributed by atoms with E-state index in [1.165, 1.54) is 4.68 Å². The summed E-state index contributed by atoms with van der Waals surface area (Å²) in [6, 6.07) is 0. The van der Waals surface area contributed by atoms with Crippen LogP contribution in [-0.2, 0) is 11.8 Å². The number of carbonyl (C=O) groups excluding carboxylic acids is 2. The number of amides is 2. The molecule has 0 unspecified atom stereocenters. The van der Waals surface area contributed by atoms with E-state index < -0.39 is 0 Å². The molecule has 0 radical (unpaired) electrons. The molecule has 1 aliphatic carbocycles. The normalized spacial score (nSPS) is 15.7. The fourth-order valence-corrected chi connectivity index (χ4v) is 2.29. The highest BCUT2D eigenvalue weighted by atomic mass is 16.2. The largest absolute Gasteiger partial charge is 0.354 e. The number of rotatable bonds is 3. The lowest BCUT2D eigenvalue weighted by Gasteiger charge is -2.09. The fraction of sp³-hybridized carbons (Fsp3) is 0.583. The van der Waals surface area contributed by atoms with E-state index >= 15 is 0 Å². The van der Waals surface area contributed by atoms with Crippen LogP contribution in [0.1, 0.15) is 36.2 Å². The Morgan fingerprint density at radius 2 is 2.06 bits per heavy atom. The molecular weight excluding hydrogens is 232 g/mol. The van der Waals surface area contributed by atoms with E-state index in [1.54, 1.807) is 20.3 Å². The zero-order valence-corrected chi connectivity index (χ0v) is 10.7. The van der Waals surface area contributed by atoms with E-state index in [9.17, 15) is 9.59 Å². The van der Waals surface area contributed by atoms with Gasteiger partial charge in [0.2, 0.25) is 5.91 Å². The van der Waals surface area contributed by atoms with Gasteiger partial charge in [-0.25, -0.2) is 0 Å². The molecule has 2 amide bonds. The van der Waals surface area contributed by atoms with Gasteiger partial charge < -0.3 is 10.6 Å². The standard InChI is InChI=1S/C12H18N4O2/c1-13-12(18)10-9(7-16(2)15-10)14-11(17)8-5-3-4-6-8/h7-8H,3-6H2,1-2H3,(H,13,18)(H,14,17). The molecular formula is C12H18N4O2. The Labute approximate surface area is 106 Å². The lowest BCUT2D eigenvalue weighted by atomic mass is 10.1. The maximum Gasteiger partial charge on any atom is 0.273 e. The molecule has 1 fully saturated rings. The monoisotopic (exact) mass is 250 g/mol. The molecule has 0 spiro atoms. The van der Waals surface area contributed by atoms with E-state index in [2.05, 4.69) is 15.7 Å². The van der Waals surface area contributed by atoms with Crippen molar-refractivity contribution < 1.29 is 9.59 Å². The van der Waals surface area contributed by atoms with Crippen molar-refractivity contribution in [2.45, 2.75) is 25.7 Å². The predicted octanol–water partition coefficient (Wildman–Crippen LogP) is 0.908. The van der Waals surface area contributed by atoms with E-state index in [0.29, 0.717) is 5.69 Å². The van der Waals surface area contributed by atoms with Crippen LogP contribution in [0, 0.1) is 5.92 Å². The Kier molecular flexibility index (Phi) is 3.64. The third-order valence-electron chi connectivity index (χ3n) is 3.25. The number of aryl methyl sites for hydroxylation is 1. The molecule has 0 aromatic carbocycles. The van der Waals surface area contributed by atoms with Gasteiger partial charge in [-0.15, -0.1) is 0 Å². The molecule has 0 aliphatic heterocycles. The highest BCUT2D eigenvalue weighted by molar-refractivity contribution is 6.02. The van der Waals surface area contributed by atoms with Gasteiger partial charge in [-0.2, -0.15) is 5.10 Å². The van der Waals surface area contributed by atoms with Crippen molar-refractivity contribution >= 4 is 17.5 Å². The first kappa shape index (κ1) is 12.6. The van der Waals surface area contributed by atoms with Crippen LogP contribution in [0.5, 0.6) is 0 Å². The maximum atomic E-state index is 12.0. The number of hydrogen-bond acceptors (Lipinski definition) is 3. The Hall–Kier alpha value is -1.85. The zero-order valence-electron chi connectivity index (χ0n) is 10.7. The van der Waals surface area contributed by atoms with E-state index in [-0.39, 0.29) is 23.4 Å². The third kappa shape index (κ3) is 2.52. The first-order chi connectivity index (χ1) is 8.61. The van der Waals surface area contributed by atoms with Gasteiger partial charge in [-0.1, -0.05) is 12.8 Å². The second kappa shape index (κ2) is 5.20. The fourth-order valence-electron chi connectivity index (χ4n) is 2.29. The molecule has 0 bridgehead atoms. The Bertz CT molecular complexity index is 461. The van der Waals surface area contributed by atoms with Crippen molar-refractivity contribution in [1.29, 1.82) is 0 Å². The van der Waals surface area contributed by atoms with Crippen molar-refractivity contribution in [1.82, 2.24) is 15.1 Å². The molecule has 1 aliphatic rings. The molecule has 6 heteroatoms. The van der Waals surface area contributed by atoms with Crippen LogP contribution in [0.2, 0.25) is 0 Å². The molecule has 1 aromatic heterocycles. The summed E-state index contributed by atoms with van der Waals surface area (Å²) in [7, 11) is 3.26. The number of carbonyl (C=O) groups is 2. The highest BCUT2D eigenvalue weighted by Gasteiger charge is 2.25. The molecule has 0 atom stereocenters. The first-order valence-electron chi connectivity index (χ1n) is 6.18. The van der Waals surface area contributed by atoms with Crippen molar-refractivity contribution in [3.05, 3.63) is 11.9 Å². The van der Waals surface area contributed by atoms with Crippen LogP contribution in [0.25, 0.3) is 0 Å². The van der Waals surface area contributed by atoms with E-state index in [4.69, 9.17) is 0 Å². The van der Waals surface area contributed by atoms with Crippen molar-refractivity contribution in [2.75, 3.05) is 12.4 Å². The molecule has 0 saturated heterocycles. The number of aromatic nitrogens is 2. The van der Waals surface area contributed by atoms with E-state index in [0.717, 1.165) is 25.7 Å². The predicted molar refractivity (Wildman–Crippen MR) is 67.2 cm³/mol. The summed E-state index contributed by atoms with van der Waals surface area (Å²) >= 11 is 0. The summed E-state index contributed by atoms with van der Waals surface area (Å²) in [6.07, 6.45) is 5.72. The summed E-state index contributed by atoms with van der Waals surface area (Å²) in [5, 5.41) is 9.37. The van der Waals surface area contributed by atoms with Crippen molar-refractivity contribution in [3.8, 4) is 0 Å². The van der Waals surface area contributed by atoms with Crippen LogP contribution in [0.15, 0.2) is 6.20 Å². The Morgan fingerprint density at radius 3 is 2.67 bits per heavy atom. The average Bonchev–Trinajstić information content (AvgIpc) is 2.97. The Morgan fingerprint density at radius 1 is 1.39 bits per heavy atom. The summed E-state index contributed by atoms with van der Waals surface area (Å²) in [6.45, 7) is 0. The third-order valence-corrected chi connectivity index (χ3v) is 3.25. The van der Waals surface area contributed by atoms with Gasteiger partial charge in [0.05, 0.1) is 5.69 Å². The van der Waals surface area contributed by atoms with Crippen LogP contribution < -0.4 is 10.6 Å². The summed E-state index contributed by atoms with van der Waals surface area (Å²) in [5.41, 5.74) is 0.736. The number of nitrogens with zero attached hydrogens (tertiary/aromatic N) is 2. The zero-order chi connectivity index (χ0) is 13.1. The molecule has 1 heterocycles. The number of anilines is 1. The second-order valence-corrected chi connectivity index (χ2v) is 4.61. The lowest BCUT2D eigenvalue weighted by molar-refractivity contribution is -0.119. The van der Waals surface area contributed by atoms with Crippen LogP contribution in [-0.4, -0.2) is 28.6 Å². The molecule has 6 nitrogen and oxygen atoms in total. The van der Waals surface area contributed by atoms with Gasteiger partial charge in [0, 0.05) is 26.2 Å². The molecule has 2 rings (SSSR count). The summed E-state index contributed by atoms with van der Waals surface area (Å²) < 4.78 is 1.52. The van der Waals surface area contributed by atoms with Crippen molar-refractivity contribution in [2.24, 2.45) is 13.0 Å². The second-order valence-electron chi connectivity index (χ2n) is 4.61. The first-order valence-corrected chi connectivity index (χ1v) is 6.18. The maximum absolute atomic E-state index is 12.0. The van der Waals surface area contributed by atoms with Crippen LogP contribution in [0.4, 0.5) is 5.69 Å². The topological polar surface area (TPSA) is 76.0 Å². The van der Waals surface area contributed by atoms with Gasteiger partial charge in [-0.3, -0.25) is 14.3 Å². The summed E-state index contributed by atoms with van der Waals surface area (Å²) in [4.78, 5) is 23.6. The van der Waals surface area contributed by atoms with Gasteiger partial charge in [0.25, 0.3) is 5.91 Å². The van der Waals surface area contributed by atoms with E-state index in [1.807, 2.05) is 0 Å².